The monoisotopic (exact) mass is 223 g/mol. The normalized spacial score (nSPS) is 48.0. The van der Waals surface area contributed by atoms with Gasteiger partial charge in [-0.25, -0.2) is 0 Å². The van der Waals surface area contributed by atoms with Crippen LogP contribution in [0.2, 0.25) is 0 Å². The Morgan fingerprint density at radius 3 is 2.31 bits per heavy atom. The van der Waals surface area contributed by atoms with E-state index in [0.29, 0.717) is 6.04 Å². The molecule has 0 amide bonds. The van der Waals surface area contributed by atoms with Crippen LogP contribution < -0.4 is 11.1 Å². The number of nitrogens with one attached hydrogen (secondary N) is 1. The van der Waals surface area contributed by atoms with Crippen molar-refractivity contribution >= 4 is 0 Å². The summed E-state index contributed by atoms with van der Waals surface area (Å²) >= 11 is 0. The summed E-state index contributed by atoms with van der Waals surface area (Å²) in [7, 11) is 2.32. The first-order valence-electron chi connectivity index (χ1n) is 6.93. The minimum absolute atomic E-state index is 0.478. The van der Waals surface area contributed by atoms with E-state index in [1.165, 1.54) is 45.1 Å². The predicted octanol–water partition coefficient (Wildman–Crippen LogP) is 0.938. The van der Waals surface area contributed by atoms with Gasteiger partial charge in [0.05, 0.1) is 0 Å². The van der Waals surface area contributed by atoms with Gasteiger partial charge >= 0.3 is 0 Å². The largest absolute Gasteiger partial charge is 0.328 e. The van der Waals surface area contributed by atoms with E-state index in [4.69, 9.17) is 5.73 Å². The summed E-state index contributed by atoms with van der Waals surface area (Å²) in [4.78, 5) is 2.62. The predicted molar refractivity (Wildman–Crippen MR) is 66.3 cm³/mol. The van der Waals surface area contributed by atoms with Gasteiger partial charge < -0.3 is 16.0 Å². The van der Waals surface area contributed by atoms with Crippen LogP contribution in [-0.4, -0.2) is 42.7 Å². The van der Waals surface area contributed by atoms with Crippen LogP contribution in [0.5, 0.6) is 0 Å². The Bertz CT molecular complexity index is 236. The molecule has 2 saturated heterocycles. The van der Waals surface area contributed by atoms with E-state index < -0.39 is 0 Å². The molecule has 0 radical (unpaired) electrons. The van der Waals surface area contributed by atoms with E-state index >= 15 is 0 Å². The fourth-order valence-electron chi connectivity index (χ4n) is 3.85. The zero-order chi connectivity index (χ0) is 11.1. The Morgan fingerprint density at radius 1 is 1.12 bits per heavy atom. The minimum atomic E-state index is 0.478. The lowest BCUT2D eigenvalue weighted by atomic mass is 9.86. The molecule has 2 aliphatic heterocycles. The third-order valence-electron chi connectivity index (χ3n) is 5.07. The topological polar surface area (TPSA) is 41.3 Å². The van der Waals surface area contributed by atoms with E-state index in [0.717, 1.165) is 24.0 Å². The molecule has 3 nitrogen and oxygen atoms in total. The first-order chi connectivity index (χ1) is 7.72. The molecule has 3 aliphatic rings. The van der Waals surface area contributed by atoms with Crippen molar-refractivity contribution in [2.75, 3.05) is 13.6 Å². The molecular formula is C13H25N3. The van der Waals surface area contributed by atoms with E-state index in [1.807, 2.05) is 0 Å². The summed E-state index contributed by atoms with van der Waals surface area (Å²) in [6, 6.07) is 2.97. The highest BCUT2D eigenvalue weighted by Crippen LogP contribution is 2.37. The molecule has 3 fully saturated rings. The minimum Gasteiger partial charge on any atom is -0.328 e. The summed E-state index contributed by atoms with van der Waals surface area (Å²) in [6.07, 6.45) is 8.09. The molecule has 3 N–H and O–H groups in total. The number of hydrogen-bond acceptors (Lipinski definition) is 3. The Morgan fingerprint density at radius 2 is 1.75 bits per heavy atom. The van der Waals surface area contributed by atoms with Gasteiger partial charge in [0, 0.05) is 24.2 Å². The van der Waals surface area contributed by atoms with Gasteiger partial charge in [-0.05, 0) is 58.0 Å². The second-order valence-corrected chi connectivity index (χ2v) is 6.22. The summed E-state index contributed by atoms with van der Waals surface area (Å²) in [6.45, 7) is 1.23. The van der Waals surface area contributed by atoms with Gasteiger partial charge in [0.25, 0.3) is 0 Å². The van der Waals surface area contributed by atoms with Gasteiger partial charge in [0.15, 0.2) is 0 Å². The lowest BCUT2D eigenvalue weighted by Crippen LogP contribution is -2.51. The smallest absolute Gasteiger partial charge is 0.00988 e. The van der Waals surface area contributed by atoms with Crippen LogP contribution >= 0.6 is 0 Å². The fraction of sp³-hybridized carbons (Fsp3) is 1.00. The molecule has 2 atom stereocenters. The average molecular weight is 223 g/mol. The third-order valence-corrected chi connectivity index (χ3v) is 5.07. The maximum atomic E-state index is 5.80. The molecule has 16 heavy (non-hydrogen) atoms. The van der Waals surface area contributed by atoms with Gasteiger partial charge in [-0.2, -0.15) is 0 Å². The standard InChI is InChI=1S/C13H25N3/c1-16-12-2-3-13(16)5-9(4-12)8-15-11-6-10(14)7-11/h9-13,15H,2-8,14H2,1H3. The SMILES string of the molecule is CN1C2CCC1CC(CNC1CC(N)C1)C2. The highest BCUT2D eigenvalue weighted by Gasteiger charge is 2.38. The Hall–Kier alpha value is -0.120. The van der Waals surface area contributed by atoms with Crippen LogP contribution in [0.25, 0.3) is 0 Å². The Labute approximate surface area is 98.8 Å². The molecule has 0 spiro atoms. The van der Waals surface area contributed by atoms with Crippen molar-refractivity contribution in [1.29, 1.82) is 0 Å². The molecule has 0 aromatic rings. The average Bonchev–Trinajstić information content (AvgIpc) is 2.48. The van der Waals surface area contributed by atoms with Crippen LogP contribution in [-0.2, 0) is 0 Å². The molecule has 92 valence electrons. The highest BCUT2D eigenvalue weighted by atomic mass is 15.2. The maximum absolute atomic E-state index is 5.80. The number of nitrogens with two attached hydrogens (primary N) is 1. The molecule has 2 unspecified atom stereocenters. The lowest BCUT2D eigenvalue weighted by molar-refractivity contribution is 0.127. The molecule has 3 heteroatoms. The first-order valence-corrected chi connectivity index (χ1v) is 6.93. The van der Waals surface area contributed by atoms with Crippen LogP contribution in [0.15, 0.2) is 0 Å². The Balaban J connectivity index is 1.43. The van der Waals surface area contributed by atoms with Gasteiger partial charge in [0.1, 0.15) is 0 Å². The molecule has 2 heterocycles. The van der Waals surface area contributed by atoms with Crippen LogP contribution in [0.1, 0.15) is 38.5 Å². The van der Waals surface area contributed by atoms with Crippen molar-refractivity contribution in [3.8, 4) is 0 Å². The van der Waals surface area contributed by atoms with Crippen LogP contribution in [0.3, 0.4) is 0 Å². The molecule has 0 aromatic heterocycles. The molecule has 1 saturated carbocycles. The zero-order valence-corrected chi connectivity index (χ0v) is 10.4. The molecule has 1 aliphatic carbocycles. The number of nitrogens with zero attached hydrogens (tertiary/aromatic N) is 1. The number of fused-ring (bicyclic) bond motifs is 2. The van der Waals surface area contributed by atoms with Gasteiger partial charge in [0.2, 0.25) is 0 Å². The summed E-state index contributed by atoms with van der Waals surface area (Å²) in [5, 5.41) is 3.70. The van der Waals surface area contributed by atoms with Crippen LogP contribution in [0, 0.1) is 5.92 Å². The number of hydrogen-bond donors (Lipinski definition) is 2. The first kappa shape index (κ1) is 11.0. The fourth-order valence-corrected chi connectivity index (χ4v) is 3.85. The molecule has 0 aromatic carbocycles. The van der Waals surface area contributed by atoms with Gasteiger partial charge in [-0.1, -0.05) is 0 Å². The second-order valence-electron chi connectivity index (χ2n) is 6.22. The van der Waals surface area contributed by atoms with E-state index in [1.54, 1.807) is 0 Å². The van der Waals surface area contributed by atoms with Gasteiger partial charge in [-0.3, -0.25) is 0 Å². The highest BCUT2D eigenvalue weighted by molar-refractivity contribution is 4.95. The molecule has 2 bridgehead atoms. The summed E-state index contributed by atoms with van der Waals surface area (Å²) in [5.74, 6) is 0.922. The molecule has 3 rings (SSSR count). The second kappa shape index (κ2) is 4.28. The van der Waals surface area contributed by atoms with E-state index in [-0.39, 0.29) is 0 Å². The van der Waals surface area contributed by atoms with Crippen molar-refractivity contribution in [2.24, 2.45) is 11.7 Å². The maximum Gasteiger partial charge on any atom is 0.00988 e. The third kappa shape index (κ3) is 2.01. The van der Waals surface area contributed by atoms with Crippen molar-refractivity contribution in [1.82, 2.24) is 10.2 Å². The Kier molecular flexibility index (Phi) is 2.94. The quantitative estimate of drug-likeness (QED) is 0.748. The number of rotatable bonds is 3. The lowest BCUT2D eigenvalue weighted by Gasteiger charge is -2.39. The van der Waals surface area contributed by atoms with Crippen molar-refractivity contribution in [3.05, 3.63) is 0 Å². The summed E-state index contributed by atoms with van der Waals surface area (Å²) < 4.78 is 0. The van der Waals surface area contributed by atoms with Crippen molar-refractivity contribution in [2.45, 2.75) is 62.7 Å². The van der Waals surface area contributed by atoms with Crippen molar-refractivity contribution in [3.63, 3.8) is 0 Å². The molecular weight excluding hydrogens is 198 g/mol. The zero-order valence-electron chi connectivity index (χ0n) is 10.4. The van der Waals surface area contributed by atoms with E-state index in [2.05, 4.69) is 17.3 Å². The number of piperidine rings is 1. The van der Waals surface area contributed by atoms with Crippen molar-refractivity contribution < 1.29 is 0 Å². The van der Waals surface area contributed by atoms with Gasteiger partial charge in [-0.15, -0.1) is 0 Å². The summed E-state index contributed by atoms with van der Waals surface area (Å²) in [5.41, 5.74) is 5.80. The van der Waals surface area contributed by atoms with Crippen LogP contribution in [0.4, 0.5) is 0 Å². The van der Waals surface area contributed by atoms with E-state index in [9.17, 15) is 0 Å².